The van der Waals surface area contributed by atoms with Crippen LogP contribution < -0.4 is 5.32 Å². The number of aromatic nitrogens is 3. The first kappa shape index (κ1) is 14.6. The van der Waals surface area contributed by atoms with Crippen molar-refractivity contribution in [2.75, 3.05) is 13.1 Å². The molecule has 1 aliphatic heterocycles. The monoisotopic (exact) mass is 299 g/mol. The molecular weight excluding hydrogens is 278 g/mol. The number of pyridine rings is 1. The van der Waals surface area contributed by atoms with Gasteiger partial charge in [0, 0.05) is 44.4 Å². The van der Waals surface area contributed by atoms with Gasteiger partial charge in [0.25, 0.3) is 0 Å². The molecule has 1 aliphatic rings. The highest BCUT2D eigenvalue weighted by molar-refractivity contribution is 5.75. The SMILES string of the molecule is O=C(NCCCn1cccn1)N1CCCC1c1ccncc1. The highest BCUT2D eigenvalue weighted by Crippen LogP contribution is 2.31. The maximum atomic E-state index is 12.4. The van der Waals surface area contributed by atoms with E-state index in [4.69, 9.17) is 0 Å². The van der Waals surface area contributed by atoms with Crippen LogP contribution in [-0.2, 0) is 6.54 Å². The van der Waals surface area contributed by atoms with Crippen molar-refractivity contribution in [3.05, 3.63) is 48.5 Å². The minimum atomic E-state index is 0.0276. The van der Waals surface area contributed by atoms with Crippen molar-refractivity contribution >= 4 is 6.03 Å². The number of rotatable bonds is 5. The van der Waals surface area contributed by atoms with Crippen LogP contribution in [0.2, 0.25) is 0 Å². The van der Waals surface area contributed by atoms with Crippen LogP contribution in [0.4, 0.5) is 4.79 Å². The molecular formula is C16H21N5O. The molecule has 22 heavy (non-hydrogen) atoms. The van der Waals surface area contributed by atoms with E-state index in [1.54, 1.807) is 18.6 Å². The van der Waals surface area contributed by atoms with Crippen LogP contribution in [0.3, 0.4) is 0 Å². The zero-order valence-electron chi connectivity index (χ0n) is 12.6. The van der Waals surface area contributed by atoms with E-state index in [0.29, 0.717) is 6.54 Å². The molecule has 0 aromatic carbocycles. The topological polar surface area (TPSA) is 63.1 Å². The molecule has 1 saturated heterocycles. The molecule has 2 aromatic heterocycles. The summed E-state index contributed by atoms with van der Waals surface area (Å²) >= 11 is 0. The largest absolute Gasteiger partial charge is 0.338 e. The Morgan fingerprint density at radius 2 is 2.18 bits per heavy atom. The molecule has 1 atom stereocenters. The van der Waals surface area contributed by atoms with Crippen LogP contribution in [0.15, 0.2) is 43.0 Å². The first-order valence-corrected chi connectivity index (χ1v) is 7.76. The fraction of sp³-hybridized carbons (Fsp3) is 0.438. The number of aryl methyl sites for hydroxylation is 1. The number of hydrogen-bond acceptors (Lipinski definition) is 3. The van der Waals surface area contributed by atoms with Crippen molar-refractivity contribution in [1.29, 1.82) is 0 Å². The molecule has 1 fully saturated rings. The van der Waals surface area contributed by atoms with Gasteiger partial charge in [-0.25, -0.2) is 4.79 Å². The highest BCUT2D eigenvalue weighted by atomic mass is 16.2. The summed E-state index contributed by atoms with van der Waals surface area (Å²) in [6.07, 6.45) is 10.2. The predicted molar refractivity (Wildman–Crippen MR) is 83.2 cm³/mol. The molecule has 116 valence electrons. The third-order valence-corrected chi connectivity index (χ3v) is 4.00. The summed E-state index contributed by atoms with van der Waals surface area (Å²) in [5, 5.41) is 7.17. The Morgan fingerprint density at radius 1 is 1.32 bits per heavy atom. The van der Waals surface area contributed by atoms with Gasteiger partial charge in [-0.2, -0.15) is 5.10 Å². The van der Waals surface area contributed by atoms with E-state index >= 15 is 0 Å². The van der Waals surface area contributed by atoms with Crippen molar-refractivity contribution in [1.82, 2.24) is 25.0 Å². The summed E-state index contributed by atoms with van der Waals surface area (Å²) in [6.45, 7) is 2.30. The lowest BCUT2D eigenvalue weighted by Crippen LogP contribution is -2.40. The molecule has 2 amide bonds. The Bertz CT molecular complexity index is 584. The minimum absolute atomic E-state index is 0.0276. The Kier molecular flexibility index (Phi) is 4.68. The van der Waals surface area contributed by atoms with Gasteiger partial charge in [-0.15, -0.1) is 0 Å². The predicted octanol–water partition coefficient (Wildman–Crippen LogP) is 2.21. The summed E-state index contributed by atoms with van der Waals surface area (Å²) < 4.78 is 1.88. The van der Waals surface area contributed by atoms with Crippen LogP contribution in [0, 0.1) is 0 Å². The van der Waals surface area contributed by atoms with Crippen LogP contribution >= 0.6 is 0 Å². The van der Waals surface area contributed by atoms with Gasteiger partial charge in [0.1, 0.15) is 0 Å². The number of likely N-dealkylation sites (tertiary alicyclic amines) is 1. The van der Waals surface area contributed by atoms with E-state index in [9.17, 15) is 4.79 Å². The molecule has 6 heteroatoms. The van der Waals surface area contributed by atoms with Crippen molar-refractivity contribution in [3.63, 3.8) is 0 Å². The highest BCUT2D eigenvalue weighted by Gasteiger charge is 2.29. The molecule has 1 N–H and O–H groups in total. The summed E-state index contributed by atoms with van der Waals surface area (Å²) in [4.78, 5) is 18.3. The molecule has 0 spiro atoms. The summed E-state index contributed by atoms with van der Waals surface area (Å²) in [5.41, 5.74) is 1.17. The van der Waals surface area contributed by atoms with E-state index in [2.05, 4.69) is 15.4 Å². The number of nitrogens with one attached hydrogen (secondary N) is 1. The van der Waals surface area contributed by atoms with Crippen LogP contribution in [0.1, 0.15) is 30.9 Å². The van der Waals surface area contributed by atoms with Crippen molar-refractivity contribution in [2.24, 2.45) is 0 Å². The fourth-order valence-corrected chi connectivity index (χ4v) is 2.91. The second-order valence-corrected chi connectivity index (χ2v) is 5.49. The van der Waals surface area contributed by atoms with Crippen molar-refractivity contribution in [3.8, 4) is 0 Å². The lowest BCUT2D eigenvalue weighted by Gasteiger charge is -2.25. The molecule has 0 saturated carbocycles. The van der Waals surface area contributed by atoms with Crippen LogP contribution in [0.25, 0.3) is 0 Å². The molecule has 0 bridgehead atoms. The van der Waals surface area contributed by atoms with Crippen molar-refractivity contribution < 1.29 is 4.79 Å². The second-order valence-electron chi connectivity index (χ2n) is 5.49. The fourth-order valence-electron chi connectivity index (χ4n) is 2.91. The first-order chi connectivity index (χ1) is 10.8. The number of hydrogen-bond donors (Lipinski definition) is 1. The summed E-state index contributed by atoms with van der Waals surface area (Å²) in [7, 11) is 0. The number of nitrogens with zero attached hydrogens (tertiary/aromatic N) is 4. The Labute approximate surface area is 130 Å². The van der Waals surface area contributed by atoms with E-state index in [1.807, 2.05) is 34.0 Å². The Morgan fingerprint density at radius 3 is 2.95 bits per heavy atom. The first-order valence-electron chi connectivity index (χ1n) is 7.76. The minimum Gasteiger partial charge on any atom is -0.338 e. The number of urea groups is 1. The number of carbonyl (C=O) groups is 1. The van der Waals surface area contributed by atoms with Gasteiger partial charge in [0.15, 0.2) is 0 Å². The molecule has 1 unspecified atom stereocenters. The van der Waals surface area contributed by atoms with E-state index in [0.717, 1.165) is 32.4 Å². The second kappa shape index (κ2) is 7.06. The Balaban J connectivity index is 1.48. The van der Waals surface area contributed by atoms with Crippen LogP contribution in [-0.4, -0.2) is 38.8 Å². The molecule has 6 nitrogen and oxygen atoms in total. The van der Waals surface area contributed by atoms with E-state index < -0.39 is 0 Å². The quantitative estimate of drug-likeness (QED) is 0.861. The third kappa shape index (κ3) is 3.44. The van der Waals surface area contributed by atoms with Gasteiger partial charge in [-0.05, 0) is 43.0 Å². The van der Waals surface area contributed by atoms with Crippen LogP contribution in [0.5, 0.6) is 0 Å². The molecule has 0 radical (unpaired) electrons. The molecule has 3 heterocycles. The standard InChI is InChI=1S/C16H21N5O/c22-16(18-7-2-11-20-12-3-8-19-20)21-13-1-4-15(21)14-5-9-17-10-6-14/h3,5-6,8-10,12,15H,1-2,4,7,11,13H2,(H,18,22). The maximum Gasteiger partial charge on any atom is 0.317 e. The third-order valence-electron chi connectivity index (χ3n) is 4.00. The van der Waals surface area contributed by atoms with Gasteiger partial charge in [-0.3, -0.25) is 9.67 Å². The maximum absolute atomic E-state index is 12.4. The summed E-state index contributed by atoms with van der Waals surface area (Å²) in [6, 6.07) is 6.10. The van der Waals surface area contributed by atoms with Crippen molar-refractivity contribution in [2.45, 2.75) is 31.8 Å². The molecule has 2 aromatic rings. The van der Waals surface area contributed by atoms with Gasteiger partial charge in [-0.1, -0.05) is 0 Å². The average Bonchev–Trinajstić information content (AvgIpc) is 3.23. The van der Waals surface area contributed by atoms with Gasteiger partial charge in [0.2, 0.25) is 0 Å². The smallest absolute Gasteiger partial charge is 0.317 e. The average molecular weight is 299 g/mol. The Hall–Kier alpha value is -2.37. The number of amides is 2. The van der Waals surface area contributed by atoms with Gasteiger partial charge in [0.05, 0.1) is 6.04 Å². The van der Waals surface area contributed by atoms with E-state index in [1.165, 1.54) is 5.56 Å². The van der Waals surface area contributed by atoms with Gasteiger partial charge < -0.3 is 10.2 Å². The summed E-state index contributed by atoms with van der Waals surface area (Å²) in [5.74, 6) is 0. The lowest BCUT2D eigenvalue weighted by molar-refractivity contribution is 0.192. The lowest BCUT2D eigenvalue weighted by atomic mass is 10.1. The van der Waals surface area contributed by atoms with E-state index in [-0.39, 0.29) is 12.1 Å². The molecule has 0 aliphatic carbocycles. The normalized spacial score (nSPS) is 17.6. The molecule has 3 rings (SSSR count). The number of carbonyl (C=O) groups excluding carboxylic acids is 1. The zero-order chi connectivity index (χ0) is 15.2. The zero-order valence-corrected chi connectivity index (χ0v) is 12.6. The van der Waals surface area contributed by atoms with Gasteiger partial charge >= 0.3 is 6.03 Å².